The van der Waals surface area contributed by atoms with Crippen LogP contribution in [0.25, 0.3) is 11.0 Å². The highest BCUT2D eigenvalue weighted by atomic mass is 35.5. The van der Waals surface area contributed by atoms with Crippen LogP contribution >= 0.6 is 11.6 Å². The van der Waals surface area contributed by atoms with Gasteiger partial charge >= 0.3 is 0 Å². The lowest BCUT2D eigenvalue weighted by Gasteiger charge is -2.12. The van der Waals surface area contributed by atoms with Crippen molar-refractivity contribution in [3.63, 3.8) is 0 Å². The van der Waals surface area contributed by atoms with Crippen LogP contribution in [0.4, 0.5) is 5.95 Å². The number of nitrogens with zero attached hydrogens (tertiary/aromatic N) is 3. The molecule has 7 heteroatoms. The first-order valence-electron chi connectivity index (χ1n) is 5.56. The highest BCUT2D eigenvalue weighted by molar-refractivity contribution is 6.29. The maximum absolute atomic E-state index is 5.87. The molecule has 6 nitrogen and oxygen atoms in total. The molecule has 1 aliphatic rings. The van der Waals surface area contributed by atoms with E-state index >= 15 is 0 Å². The molecule has 1 fully saturated rings. The van der Waals surface area contributed by atoms with E-state index in [-0.39, 0.29) is 12.1 Å². The predicted molar refractivity (Wildman–Crippen MR) is 66.6 cm³/mol. The number of pyridine rings is 1. The fraction of sp³-hybridized carbons (Fsp3) is 0.364. The molecule has 0 aromatic carbocycles. The van der Waals surface area contributed by atoms with Crippen LogP contribution < -0.4 is 10.5 Å². The van der Waals surface area contributed by atoms with Gasteiger partial charge in [-0.05, 0) is 12.1 Å². The van der Waals surface area contributed by atoms with Crippen LogP contribution in [-0.2, 0) is 4.74 Å². The van der Waals surface area contributed by atoms with E-state index in [1.807, 2.05) is 0 Å². The van der Waals surface area contributed by atoms with E-state index in [1.165, 1.54) is 0 Å². The van der Waals surface area contributed by atoms with E-state index in [2.05, 4.69) is 15.0 Å². The number of hydrogen-bond donors (Lipinski definition) is 1. The SMILES string of the molecule is Nc1nc(O[C@@H]2CCOC2)c2nc(Cl)ccc2n1. The van der Waals surface area contributed by atoms with E-state index in [9.17, 15) is 0 Å². The lowest BCUT2D eigenvalue weighted by molar-refractivity contribution is 0.139. The molecule has 0 saturated carbocycles. The fourth-order valence-electron chi connectivity index (χ4n) is 1.83. The number of fused-ring (bicyclic) bond motifs is 1. The minimum Gasteiger partial charge on any atom is -0.470 e. The molecular weight excluding hydrogens is 256 g/mol. The minimum atomic E-state index is -0.0247. The topological polar surface area (TPSA) is 83.2 Å². The van der Waals surface area contributed by atoms with Crippen molar-refractivity contribution in [2.75, 3.05) is 18.9 Å². The van der Waals surface area contributed by atoms with Crippen molar-refractivity contribution in [3.8, 4) is 5.88 Å². The second kappa shape index (κ2) is 4.55. The quantitative estimate of drug-likeness (QED) is 0.828. The second-order valence-corrected chi connectivity index (χ2v) is 4.38. The lowest BCUT2D eigenvalue weighted by Crippen LogP contribution is -2.17. The molecule has 18 heavy (non-hydrogen) atoms. The third kappa shape index (κ3) is 2.16. The van der Waals surface area contributed by atoms with Crippen LogP contribution in [0.5, 0.6) is 5.88 Å². The summed E-state index contributed by atoms with van der Waals surface area (Å²) in [5, 5.41) is 0.364. The maximum atomic E-state index is 5.87. The summed E-state index contributed by atoms with van der Waals surface area (Å²) in [5.41, 5.74) is 6.77. The summed E-state index contributed by atoms with van der Waals surface area (Å²) in [6, 6.07) is 3.39. The van der Waals surface area contributed by atoms with Crippen LogP contribution in [0.15, 0.2) is 12.1 Å². The molecule has 0 bridgehead atoms. The Morgan fingerprint density at radius 3 is 3.00 bits per heavy atom. The van der Waals surface area contributed by atoms with Crippen molar-refractivity contribution in [2.45, 2.75) is 12.5 Å². The molecule has 2 aromatic heterocycles. The van der Waals surface area contributed by atoms with Crippen molar-refractivity contribution in [2.24, 2.45) is 0 Å². The normalized spacial score (nSPS) is 19.3. The number of nitrogens with two attached hydrogens (primary N) is 1. The van der Waals surface area contributed by atoms with E-state index < -0.39 is 0 Å². The van der Waals surface area contributed by atoms with Gasteiger partial charge in [-0.15, -0.1) is 0 Å². The average molecular weight is 267 g/mol. The van der Waals surface area contributed by atoms with Gasteiger partial charge in [-0.3, -0.25) is 0 Å². The molecular formula is C11H11ClN4O2. The Bertz CT molecular complexity index is 587. The van der Waals surface area contributed by atoms with Crippen molar-refractivity contribution < 1.29 is 9.47 Å². The summed E-state index contributed by atoms with van der Waals surface area (Å²) in [5.74, 6) is 0.510. The van der Waals surface area contributed by atoms with Gasteiger partial charge in [0, 0.05) is 6.42 Å². The predicted octanol–water partition coefficient (Wildman–Crippen LogP) is 1.43. The molecule has 0 spiro atoms. The Morgan fingerprint density at radius 1 is 1.33 bits per heavy atom. The zero-order valence-electron chi connectivity index (χ0n) is 9.47. The van der Waals surface area contributed by atoms with E-state index in [0.29, 0.717) is 35.3 Å². The minimum absolute atomic E-state index is 0.0247. The molecule has 2 aromatic rings. The molecule has 1 atom stereocenters. The van der Waals surface area contributed by atoms with Crippen LogP contribution in [0.3, 0.4) is 0 Å². The Balaban J connectivity index is 2.05. The number of halogens is 1. The van der Waals surface area contributed by atoms with Gasteiger partial charge in [-0.25, -0.2) is 9.97 Å². The van der Waals surface area contributed by atoms with E-state index in [1.54, 1.807) is 12.1 Å². The van der Waals surface area contributed by atoms with Crippen LogP contribution in [-0.4, -0.2) is 34.3 Å². The van der Waals surface area contributed by atoms with Crippen LogP contribution in [0, 0.1) is 0 Å². The third-order valence-corrected chi connectivity index (χ3v) is 2.87. The smallest absolute Gasteiger partial charge is 0.245 e. The summed E-state index contributed by atoms with van der Waals surface area (Å²) < 4.78 is 11.0. The van der Waals surface area contributed by atoms with Gasteiger partial charge in [-0.1, -0.05) is 11.6 Å². The Labute approximate surface area is 108 Å². The summed E-state index contributed by atoms with van der Waals surface area (Å²) in [4.78, 5) is 12.3. The Morgan fingerprint density at radius 2 is 2.22 bits per heavy atom. The van der Waals surface area contributed by atoms with Crippen molar-refractivity contribution >= 4 is 28.6 Å². The molecule has 3 heterocycles. The van der Waals surface area contributed by atoms with Crippen molar-refractivity contribution in [3.05, 3.63) is 17.3 Å². The first-order chi connectivity index (χ1) is 8.72. The number of aromatic nitrogens is 3. The van der Waals surface area contributed by atoms with Crippen LogP contribution in [0.2, 0.25) is 5.15 Å². The van der Waals surface area contributed by atoms with Crippen molar-refractivity contribution in [1.82, 2.24) is 15.0 Å². The third-order valence-electron chi connectivity index (χ3n) is 2.66. The second-order valence-electron chi connectivity index (χ2n) is 3.99. The average Bonchev–Trinajstić information content (AvgIpc) is 2.83. The number of rotatable bonds is 2. The number of anilines is 1. The maximum Gasteiger partial charge on any atom is 0.245 e. The summed E-state index contributed by atoms with van der Waals surface area (Å²) >= 11 is 5.87. The molecule has 3 rings (SSSR count). The molecule has 0 radical (unpaired) electrons. The number of nitrogen functional groups attached to an aromatic ring is 1. The monoisotopic (exact) mass is 266 g/mol. The van der Waals surface area contributed by atoms with Crippen molar-refractivity contribution in [1.29, 1.82) is 0 Å². The molecule has 0 amide bonds. The summed E-state index contributed by atoms with van der Waals surface area (Å²) in [6.45, 7) is 1.24. The number of ether oxygens (including phenoxy) is 2. The highest BCUT2D eigenvalue weighted by Crippen LogP contribution is 2.25. The summed E-state index contributed by atoms with van der Waals surface area (Å²) in [7, 11) is 0. The van der Waals surface area contributed by atoms with Gasteiger partial charge in [-0.2, -0.15) is 4.98 Å². The molecule has 1 saturated heterocycles. The summed E-state index contributed by atoms with van der Waals surface area (Å²) in [6.07, 6.45) is 0.801. The highest BCUT2D eigenvalue weighted by Gasteiger charge is 2.20. The number of hydrogen-bond acceptors (Lipinski definition) is 6. The van der Waals surface area contributed by atoms with Gasteiger partial charge in [0.2, 0.25) is 11.8 Å². The van der Waals surface area contributed by atoms with E-state index in [4.69, 9.17) is 26.8 Å². The standard InChI is InChI=1S/C11H11ClN4O2/c12-8-2-1-7-9(15-8)10(16-11(13)14-7)18-6-3-4-17-5-6/h1-2,6H,3-5H2,(H2,13,14,16)/t6-/m1/s1. The molecule has 2 N–H and O–H groups in total. The zero-order valence-corrected chi connectivity index (χ0v) is 10.2. The van der Waals surface area contributed by atoms with Gasteiger partial charge in [0.1, 0.15) is 11.3 Å². The van der Waals surface area contributed by atoms with Crippen LogP contribution in [0.1, 0.15) is 6.42 Å². The first kappa shape index (κ1) is 11.4. The fourth-order valence-corrected chi connectivity index (χ4v) is 1.97. The Hall–Kier alpha value is -1.66. The lowest BCUT2D eigenvalue weighted by atomic mass is 10.3. The molecule has 0 aliphatic carbocycles. The largest absolute Gasteiger partial charge is 0.470 e. The Kier molecular flexibility index (Phi) is 2.89. The van der Waals surface area contributed by atoms with Gasteiger partial charge in [0.15, 0.2) is 5.52 Å². The molecule has 1 aliphatic heterocycles. The van der Waals surface area contributed by atoms with Gasteiger partial charge in [0.25, 0.3) is 0 Å². The van der Waals surface area contributed by atoms with Gasteiger partial charge in [0.05, 0.1) is 18.7 Å². The zero-order chi connectivity index (χ0) is 12.5. The molecule has 94 valence electrons. The molecule has 0 unspecified atom stereocenters. The first-order valence-corrected chi connectivity index (χ1v) is 5.94. The van der Waals surface area contributed by atoms with E-state index in [0.717, 1.165) is 6.42 Å². The van der Waals surface area contributed by atoms with Gasteiger partial charge < -0.3 is 15.2 Å².